The molecule has 4 nitrogen and oxygen atoms in total. The lowest BCUT2D eigenvalue weighted by Gasteiger charge is -2.16. The third-order valence-corrected chi connectivity index (χ3v) is 2.76. The van der Waals surface area contributed by atoms with Crippen LogP contribution >= 0.6 is 0 Å². The van der Waals surface area contributed by atoms with Crippen molar-refractivity contribution >= 4 is 0 Å². The van der Waals surface area contributed by atoms with Crippen LogP contribution in [0.15, 0.2) is 42.7 Å². The van der Waals surface area contributed by atoms with E-state index in [1.807, 2.05) is 31.3 Å². The van der Waals surface area contributed by atoms with Crippen LogP contribution in [0, 0.1) is 6.92 Å². The summed E-state index contributed by atoms with van der Waals surface area (Å²) >= 11 is 0. The summed E-state index contributed by atoms with van der Waals surface area (Å²) in [5.74, 6) is 1.75. The van der Waals surface area contributed by atoms with Crippen LogP contribution in [0.5, 0.6) is 5.75 Å². The molecule has 4 heteroatoms. The fraction of sp³-hybridized carbons (Fsp3) is 0.333. The summed E-state index contributed by atoms with van der Waals surface area (Å²) in [6.07, 6.45) is 3.53. The van der Waals surface area contributed by atoms with Gasteiger partial charge in [0.05, 0.1) is 6.54 Å². The highest BCUT2D eigenvalue weighted by Crippen LogP contribution is 2.12. The minimum Gasteiger partial charge on any atom is -0.492 e. The van der Waals surface area contributed by atoms with Gasteiger partial charge in [-0.3, -0.25) is 4.90 Å². The summed E-state index contributed by atoms with van der Waals surface area (Å²) in [6, 6.07) is 9.91. The van der Waals surface area contributed by atoms with E-state index in [0.717, 1.165) is 24.7 Å². The molecular formula is C15H19N3O. The summed E-state index contributed by atoms with van der Waals surface area (Å²) < 4.78 is 5.71. The monoisotopic (exact) mass is 257 g/mol. The molecule has 0 bridgehead atoms. The number of nitrogens with zero attached hydrogens (tertiary/aromatic N) is 3. The highest BCUT2D eigenvalue weighted by Gasteiger charge is 2.02. The zero-order chi connectivity index (χ0) is 13.5. The van der Waals surface area contributed by atoms with E-state index < -0.39 is 0 Å². The van der Waals surface area contributed by atoms with Crippen LogP contribution < -0.4 is 4.74 Å². The van der Waals surface area contributed by atoms with E-state index in [1.54, 1.807) is 12.4 Å². The third kappa shape index (κ3) is 4.67. The number of benzene rings is 1. The molecule has 0 amide bonds. The number of ether oxygens (including phenoxy) is 1. The molecule has 1 aromatic heterocycles. The molecule has 0 radical (unpaired) electrons. The van der Waals surface area contributed by atoms with Gasteiger partial charge in [-0.1, -0.05) is 12.1 Å². The average Bonchev–Trinajstić information content (AvgIpc) is 2.40. The van der Waals surface area contributed by atoms with E-state index in [9.17, 15) is 0 Å². The van der Waals surface area contributed by atoms with Crippen molar-refractivity contribution in [3.05, 3.63) is 54.1 Å². The Morgan fingerprint density at radius 3 is 2.68 bits per heavy atom. The van der Waals surface area contributed by atoms with Gasteiger partial charge in [-0.15, -0.1) is 0 Å². The summed E-state index contributed by atoms with van der Waals surface area (Å²) in [6.45, 7) is 4.29. The van der Waals surface area contributed by atoms with Gasteiger partial charge in [0.1, 0.15) is 18.2 Å². The Bertz CT molecular complexity index is 502. The summed E-state index contributed by atoms with van der Waals surface area (Å²) in [4.78, 5) is 10.5. The molecule has 0 aliphatic heterocycles. The van der Waals surface area contributed by atoms with Crippen molar-refractivity contribution < 1.29 is 4.74 Å². The number of hydrogen-bond acceptors (Lipinski definition) is 4. The predicted octanol–water partition coefficient (Wildman–Crippen LogP) is 2.30. The van der Waals surface area contributed by atoms with E-state index >= 15 is 0 Å². The first-order valence-corrected chi connectivity index (χ1v) is 6.38. The van der Waals surface area contributed by atoms with Gasteiger partial charge < -0.3 is 4.74 Å². The second kappa shape index (κ2) is 6.85. The Labute approximate surface area is 114 Å². The fourth-order valence-electron chi connectivity index (χ4n) is 1.76. The minimum absolute atomic E-state index is 0.660. The topological polar surface area (TPSA) is 38.2 Å². The average molecular weight is 257 g/mol. The Hall–Kier alpha value is -1.94. The third-order valence-electron chi connectivity index (χ3n) is 2.76. The molecule has 0 aliphatic rings. The SMILES string of the molecule is Cc1cccc(OCCN(C)Cc2ncccn2)c1. The number of likely N-dealkylation sites (N-methyl/N-ethyl adjacent to an activating group) is 1. The molecule has 2 aromatic rings. The van der Waals surface area contributed by atoms with Crippen molar-refractivity contribution in [2.24, 2.45) is 0 Å². The molecule has 1 heterocycles. The molecule has 100 valence electrons. The van der Waals surface area contributed by atoms with Crippen LogP contribution in [-0.2, 0) is 6.54 Å². The molecule has 19 heavy (non-hydrogen) atoms. The first-order chi connectivity index (χ1) is 9.24. The quantitative estimate of drug-likeness (QED) is 0.796. The van der Waals surface area contributed by atoms with Crippen molar-refractivity contribution in [2.45, 2.75) is 13.5 Å². The predicted molar refractivity (Wildman–Crippen MR) is 75.0 cm³/mol. The van der Waals surface area contributed by atoms with Gasteiger partial charge in [0.25, 0.3) is 0 Å². The lowest BCUT2D eigenvalue weighted by atomic mass is 10.2. The van der Waals surface area contributed by atoms with Gasteiger partial charge in [-0.25, -0.2) is 9.97 Å². The summed E-state index contributed by atoms with van der Waals surface area (Å²) in [5, 5.41) is 0. The second-order valence-electron chi connectivity index (χ2n) is 4.57. The van der Waals surface area contributed by atoms with E-state index in [4.69, 9.17) is 4.74 Å². The highest BCUT2D eigenvalue weighted by molar-refractivity contribution is 5.27. The lowest BCUT2D eigenvalue weighted by molar-refractivity contribution is 0.229. The number of rotatable bonds is 6. The van der Waals surface area contributed by atoms with E-state index in [2.05, 4.69) is 27.9 Å². The molecule has 0 unspecified atom stereocenters. The number of hydrogen-bond donors (Lipinski definition) is 0. The molecule has 0 aliphatic carbocycles. The van der Waals surface area contributed by atoms with E-state index in [0.29, 0.717) is 6.61 Å². The maximum Gasteiger partial charge on any atom is 0.142 e. The molecule has 1 aromatic carbocycles. The highest BCUT2D eigenvalue weighted by atomic mass is 16.5. The van der Waals surface area contributed by atoms with Gasteiger partial charge in [0, 0.05) is 18.9 Å². The Morgan fingerprint density at radius 2 is 1.95 bits per heavy atom. The lowest BCUT2D eigenvalue weighted by Crippen LogP contribution is -2.24. The van der Waals surface area contributed by atoms with Gasteiger partial charge >= 0.3 is 0 Å². The van der Waals surface area contributed by atoms with Gasteiger partial charge in [0.15, 0.2) is 0 Å². The van der Waals surface area contributed by atoms with Crippen LogP contribution in [-0.4, -0.2) is 35.1 Å². The van der Waals surface area contributed by atoms with E-state index in [-0.39, 0.29) is 0 Å². The molecule has 0 N–H and O–H groups in total. The van der Waals surface area contributed by atoms with Crippen molar-refractivity contribution in [2.75, 3.05) is 20.2 Å². The van der Waals surface area contributed by atoms with E-state index in [1.165, 1.54) is 5.56 Å². The van der Waals surface area contributed by atoms with Crippen LogP contribution in [0.4, 0.5) is 0 Å². The van der Waals surface area contributed by atoms with Gasteiger partial charge in [-0.2, -0.15) is 0 Å². The molecule has 0 spiro atoms. The number of aromatic nitrogens is 2. The van der Waals surface area contributed by atoms with Crippen LogP contribution in [0.25, 0.3) is 0 Å². The standard InChI is InChI=1S/C15H19N3O/c1-13-5-3-6-14(11-13)19-10-9-18(2)12-15-16-7-4-8-17-15/h3-8,11H,9-10,12H2,1-2H3. The Balaban J connectivity index is 1.73. The minimum atomic E-state index is 0.660. The van der Waals surface area contributed by atoms with Crippen molar-refractivity contribution in [1.82, 2.24) is 14.9 Å². The molecular weight excluding hydrogens is 238 g/mol. The van der Waals surface area contributed by atoms with Crippen molar-refractivity contribution in [3.63, 3.8) is 0 Å². The number of aryl methyl sites for hydroxylation is 1. The fourth-order valence-corrected chi connectivity index (χ4v) is 1.76. The smallest absolute Gasteiger partial charge is 0.142 e. The summed E-state index contributed by atoms with van der Waals surface area (Å²) in [7, 11) is 2.04. The normalized spacial score (nSPS) is 10.7. The Morgan fingerprint density at radius 1 is 1.16 bits per heavy atom. The maximum absolute atomic E-state index is 5.71. The summed E-state index contributed by atoms with van der Waals surface area (Å²) in [5.41, 5.74) is 1.21. The molecule has 2 rings (SSSR count). The maximum atomic E-state index is 5.71. The first-order valence-electron chi connectivity index (χ1n) is 6.38. The molecule has 0 saturated carbocycles. The van der Waals surface area contributed by atoms with Crippen LogP contribution in [0.3, 0.4) is 0 Å². The molecule has 0 saturated heterocycles. The largest absolute Gasteiger partial charge is 0.492 e. The first kappa shape index (κ1) is 13.5. The van der Waals surface area contributed by atoms with Crippen molar-refractivity contribution in [3.8, 4) is 5.75 Å². The zero-order valence-corrected chi connectivity index (χ0v) is 11.4. The molecule has 0 atom stereocenters. The zero-order valence-electron chi connectivity index (χ0n) is 11.4. The molecule has 0 fully saturated rings. The van der Waals surface area contributed by atoms with Gasteiger partial charge in [0.2, 0.25) is 0 Å². The van der Waals surface area contributed by atoms with Crippen LogP contribution in [0.1, 0.15) is 11.4 Å². The van der Waals surface area contributed by atoms with Crippen LogP contribution in [0.2, 0.25) is 0 Å². The Kier molecular flexibility index (Phi) is 4.86. The van der Waals surface area contributed by atoms with Crippen molar-refractivity contribution in [1.29, 1.82) is 0 Å². The second-order valence-corrected chi connectivity index (χ2v) is 4.57. The van der Waals surface area contributed by atoms with Gasteiger partial charge in [-0.05, 0) is 37.7 Å².